The molecule has 0 radical (unpaired) electrons. The largest absolute Gasteiger partial charge is 0.416 e. The van der Waals surface area contributed by atoms with Crippen molar-refractivity contribution < 1.29 is 18.0 Å². The van der Waals surface area contributed by atoms with Crippen LogP contribution >= 0.6 is 12.4 Å². The highest BCUT2D eigenvalue weighted by Gasteiger charge is 2.40. The van der Waals surface area contributed by atoms with Gasteiger partial charge < -0.3 is 11.1 Å². The Hall–Kier alpha value is -1.27. The van der Waals surface area contributed by atoms with E-state index in [2.05, 4.69) is 5.32 Å². The first-order chi connectivity index (χ1) is 11.8. The minimum Gasteiger partial charge on any atom is -0.349 e. The van der Waals surface area contributed by atoms with Gasteiger partial charge in [-0.15, -0.1) is 12.4 Å². The van der Waals surface area contributed by atoms with Crippen LogP contribution < -0.4 is 11.1 Å². The second-order valence-electron chi connectivity index (χ2n) is 7.55. The zero-order valence-corrected chi connectivity index (χ0v) is 15.6. The van der Waals surface area contributed by atoms with E-state index >= 15 is 0 Å². The smallest absolute Gasteiger partial charge is 0.349 e. The van der Waals surface area contributed by atoms with Gasteiger partial charge in [-0.05, 0) is 62.1 Å². The third-order valence-electron chi connectivity index (χ3n) is 5.88. The molecule has 3 unspecified atom stereocenters. The number of benzene rings is 1. The number of carbonyl (C=O) groups is 1. The molecular weight excluding hydrogens is 365 g/mol. The van der Waals surface area contributed by atoms with Gasteiger partial charge in [0.25, 0.3) is 0 Å². The maximum Gasteiger partial charge on any atom is 0.416 e. The van der Waals surface area contributed by atoms with Gasteiger partial charge in [0.2, 0.25) is 5.91 Å². The Balaban J connectivity index is 0.00000243. The van der Waals surface area contributed by atoms with Crippen LogP contribution in [-0.2, 0) is 11.0 Å². The van der Waals surface area contributed by atoms with Crippen LogP contribution in [0.2, 0.25) is 0 Å². The minimum absolute atomic E-state index is 0. The molecule has 3 N–H and O–H groups in total. The third-order valence-corrected chi connectivity index (χ3v) is 5.88. The monoisotopic (exact) mass is 390 g/mol. The van der Waals surface area contributed by atoms with Gasteiger partial charge in [-0.3, -0.25) is 4.79 Å². The number of halogens is 4. The lowest BCUT2D eigenvalue weighted by atomic mass is 9.65. The van der Waals surface area contributed by atoms with Crippen LogP contribution in [-0.4, -0.2) is 11.9 Å². The van der Waals surface area contributed by atoms with Crippen LogP contribution in [0.5, 0.6) is 0 Å². The molecule has 1 amide bonds. The molecule has 2 saturated carbocycles. The normalized spacial score (nSPS) is 29.4. The first-order valence-electron chi connectivity index (χ1n) is 8.99. The highest BCUT2D eigenvalue weighted by molar-refractivity contribution is 5.85. The molecule has 0 spiro atoms. The maximum absolute atomic E-state index is 12.6. The van der Waals surface area contributed by atoms with Crippen LogP contribution in [0, 0.1) is 17.8 Å². The lowest BCUT2D eigenvalue weighted by Crippen LogP contribution is -2.49. The van der Waals surface area contributed by atoms with E-state index < -0.39 is 11.7 Å². The summed E-state index contributed by atoms with van der Waals surface area (Å²) >= 11 is 0. The number of amides is 1. The van der Waals surface area contributed by atoms with Crippen LogP contribution in [0.1, 0.15) is 56.2 Å². The summed E-state index contributed by atoms with van der Waals surface area (Å²) in [7, 11) is 0. The Kier molecular flexibility index (Phi) is 6.61. The number of hydrogen-bond donors (Lipinski definition) is 2. The fourth-order valence-corrected chi connectivity index (χ4v) is 4.38. The average molecular weight is 391 g/mol. The molecule has 0 saturated heterocycles. The number of rotatable bonds is 3. The quantitative estimate of drug-likeness (QED) is 0.800. The molecule has 7 heteroatoms. The number of hydrogen-bond acceptors (Lipinski definition) is 2. The summed E-state index contributed by atoms with van der Waals surface area (Å²) < 4.78 is 37.9. The molecule has 2 fully saturated rings. The van der Waals surface area contributed by atoms with Crippen LogP contribution in [0.3, 0.4) is 0 Å². The number of nitrogens with one attached hydrogen (secondary N) is 1. The Morgan fingerprint density at radius 1 is 1.15 bits per heavy atom. The van der Waals surface area contributed by atoms with E-state index in [0.717, 1.165) is 37.8 Å². The van der Waals surface area contributed by atoms with Gasteiger partial charge in [0.15, 0.2) is 0 Å². The summed E-state index contributed by atoms with van der Waals surface area (Å²) in [4.78, 5) is 12.6. The average Bonchev–Trinajstić information content (AvgIpc) is 2.53. The van der Waals surface area contributed by atoms with Gasteiger partial charge in [-0.1, -0.05) is 18.6 Å². The van der Waals surface area contributed by atoms with Crippen molar-refractivity contribution in [3.8, 4) is 0 Å². The second-order valence-corrected chi connectivity index (χ2v) is 7.55. The van der Waals surface area contributed by atoms with Crippen molar-refractivity contribution in [1.29, 1.82) is 0 Å². The van der Waals surface area contributed by atoms with Crippen LogP contribution in [0.15, 0.2) is 24.3 Å². The molecule has 0 aromatic heterocycles. The Labute approximate surface area is 158 Å². The fourth-order valence-electron chi connectivity index (χ4n) is 4.38. The fraction of sp³-hybridized carbons (Fsp3) is 0.632. The summed E-state index contributed by atoms with van der Waals surface area (Å²) in [5, 5.41) is 2.97. The van der Waals surface area contributed by atoms with Crippen molar-refractivity contribution in [2.45, 2.75) is 57.3 Å². The van der Waals surface area contributed by atoms with E-state index in [-0.39, 0.29) is 36.3 Å². The molecule has 2 aliphatic rings. The molecule has 3 rings (SSSR count). The number of alkyl halides is 3. The first-order valence-corrected chi connectivity index (χ1v) is 8.99. The lowest BCUT2D eigenvalue weighted by molar-refractivity contribution is -0.137. The van der Waals surface area contributed by atoms with E-state index in [1.165, 1.54) is 18.6 Å². The van der Waals surface area contributed by atoms with E-state index in [1.807, 2.05) is 0 Å². The van der Waals surface area contributed by atoms with Crippen molar-refractivity contribution in [2.24, 2.45) is 23.5 Å². The Morgan fingerprint density at radius 2 is 1.69 bits per heavy atom. The predicted octanol–water partition coefficient (Wildman–Crippen LogP) is 4.46. The van der Waals surface area contributed by atoms with Gasteiger partial charge in [0.05, 0.1) is 11.6 Å². The van der Waals surface area contributed by atoms with Gasteiger partial charge in [-0.2, -0.15) is 13.2 Å². The Bertz CT molecular complexity index is 606. The van der Waals surface area contributed by atoms with E-state index in [4.69, 9.17) is 5.73 Å². The summed E-state index contributed by atoms with van der Waals surface area (Å²) in [6, 6.07) is 4.87. The Morgan fingerprint density at radius 3 is 2.19 bits per heavy atom. The van der Waals surface area contributed by atoms with E-state index in [0.29, 0.717) is 17.4 Å². The van der Waals surface area contributed by atoms with Gasteiger partial charge in [-0.25, -0.2) is 0 Å². The van der Waals surface area contributed by atoms with Crippen molar-refractivity contribution >= 4 is 18.3 Å². The maximum atomic E-state index is 12.6. The topological polar surface area (TPSA) is 55.1 Å². The molecule has 3 nitrogen and oxygen atoms in total. The molecule has 0 aliphatic heterocycles. The molecule has 0 heterocycles. The van der Waals surface area contributed by atoms with Crippen molar-refractivity contribution in [3.05, 3.63) is 35.4 Å². The minimum atomic E-state index is -4.34. The lowest BCUT2D eigenvalue weighted by Gasteiger charge is -2.43. The summed E-state index contributed by atoms with van der Waals surface area (Å²) in [5.74, 6) is 0.803. The van der Waals surface area contributed by atoms with Crippen molar-refractivity contribution in [2.75, 3.05) is 0 Å². The van der Waals surface area contributed by atoms with Crippen LogP contribution in [0.4, 0.5) is 13.2 Å². The molecule has 1 aromatic rings. The highest BCUT2D eigenvalue weighted by Crippen LogP contribution is 2.42. The summed E-state index contributed by atoms with van der Waals surface area (Å²) in [6.45, 7) is 1.80. The summed E-state index contributed by atoms with van der Waals surface area (Å²) in [6.07, 6.45) is 0.682. The van der Waals surface area contributed by atoms with Crippen LogP contribution in [0.25, 0.3) is 0 Å². The third kappa shape index (κ3) is 4.52. The number of fused-ring (bicyclic) bond motifs is 2. The van der Waals surface area contributed by atoms with Crippen molar-refractivity contribution in [1.82, 2.24) is 5.32 Å². The summed E-state index contributed by atoms with van der Waals surface area (Å²) in [5.41, 5.74) is 6.26. The molecule has 2 aliphatic carbocycles. The number of carbonyl (C=O) groups excluding carboxylic acids is 1. The molecule has 3 atom stereocenters. The second kappa shape index (κ2) is 8.17. The molecule has 1 aromatic carbocycles. The standard InChI is InChI=1S/C19H25F3N2O.ClH/c1-11(12-5-7-16(8-6-12)19(20,21)22)24-18(25)15-9-13-3-2-4-14(10-15)17(13)23;/h5-8,11,13-15,17H,2-4,9-10,23H2,1H3,(H,24,25);1H. The van der Waals surface area contributed by atoms with Gasteiger partial charge >= 0.3 is 6.18 Å². The highest BCUT2D eigenvalue weighted by atomic mass is 35.5. The SMILES string of the molecule is CC(NC(=O)C1CC2CCCC(C1)C2N)c1ccc(C(F)(F)F)cc1.Cl. The van der Waals surface area contributed by atoms with Crippen molar-refractivity contribution in [3.63, 3.8) is 0 Å². The molecule has 2 bridgehead atoms. The van der Waals surface area contributed by atoms with Gasteiger partial charge in [0.1, 0.15) is 0 Å². The van der Waals surface area contributed by atoms with E-state index in [9.17, 15) is 18.0 Å². The molecular formula is C19H26ClF3N2O. The molecule has 26 heavy (non-hydrogen) atoms. The molecule has 146 valence electrons. The zero-order valence-electron chi connectivity index (χ0n) is 14.8. The zero-order chi connectivity index (χ0) is 18.2. The van der Waals surface area contributed by atoms with Gasteiger partial charge in [0, 0.05) is 12.0 Å². The number of nitrogens with two attached hydrogens (primary N) is 1. The first kappa shape index (κ1) is 21.0. The predicted molar refractivity (Wildman–Crippen MR) is 96.8 cm³/mol. The van der Waals surface area contributed by atoms with E-state index in [1.54, 1.807) is 6.92 Å².